The van der Waals surface area contributed by atoms with Crippen molar-refractivity contribution >= 4 is 6.91 Å². The molecule has 0 fully saturated rings. The van der Waals surface area contributed by atoms with Crippen LogP contribution in [0.2, 0.25) is 0 Å². The molecule has 0 unspecified atom stereocenters. The van der Waals surface area contributed by atoms with E-state index in [1.54, 1.807) is 6.20 Å². The van der Waals surface area contributed by atoms with Gasteiger partial charge in [0.05, 0.1) is 0 Å². The SMILES string of the molecule is CCc1bccnc1. The predicted octanol–water partition coefficient (Wildman–Crippen LogP) is 0.982. The van der Waals surface area contributed by atoms with E-state index in [1.165, 1.54) is 5.46 Å². The first kappa shape index (κ1) is 5.48. The minimum absolute atomic E-state index is 1.08. The summed E-state index contributed by atoms with van der Waals surface area (Å²) in [4.78, 5) is 3.96. The molecule has 0 aliphatic heterocycles. The van der Waals surface area contributed by atoms with Crippen LogP contribution in [0.1, 0.15) is 12.4 Å². The first-order valence-corrected chi connectivity index (χ1v) is 2.82. The van der Waals surface area contributed by atoms with Gasteiger partial charge in [0.2, 0.25) is 0 Å². The van der Waals surface area contributed by atoms with Gasteiger partial charge in [-0.25, -0.2) is 0 Å². The minimum atomic E-state index is 1.08. The average Bonchev–Trinajstić information content (AvgIpc) is 1.90. The van der Waals surface area contributed by atoms with Gasteiger partial charge >= 0.3 is 49.1 Å². The first-order valence-electron chi connectivity index (χ1n) is 2.82. The van der Waals surface area contributed by atoms with Crippen molar-refractivity contribution in [1.82, 2.24) is 4.98 Å². The van der Waals surface area contributed by atoms with Crippen LogP contribution in [0.15, 0.2) is 18.4 Å². The van der Waals surface area contributed by atoms with Gasteiger partial charge in [0.15, 0.2) is 0 Å². The molecule has 8 heavy (non-hydrogen) atoms. The summed E-state index contributed by atoms with van der Waals surface area (Å²) in [6.07, 6.45) is 4.76. The van der Waals surface area contributed by atoms with Crippen LogP contribution in [0, 0.1) is 0 Å². The van der Waals surface area contributed by atoms with E-state index in [9.17, 15) is 0 Å². The summed E-state index contributed by atoms with van der Waals surface area (Å²) in [5.41, 5.74) is 1.30. The number of hydrogen-bond donors (Lipinski definition) is 0. The second-order valence-corrected chi connectivity index (χ2v) is 1.71. The summed E-state index contributed by atoms with van der Waals surface area (Å²) in [6.45, 7) is 4.20. The van der Waals surface area contributed by atoms with Gasteiger partial charge in [0.1, 0.15) is 0 Å². The normalized spacial score (nSPS) is 8.62. The Balaban J connectivity index is 2.83. The Kier molecular flexibility index (Phi) is 1.78. The Hall–Kier alpha value is -0.655. The Labute approximate surface area is 50.0 Å². The molecule has 0 saturated carbocycles. The van der Waals surface area contributed by atoms with Crippen LogP contribution in [0.5, 0.6) is 0 Å². The molecule has 0 amide bonds. The van der Waals surface area contributed by atoms with E-state index in [-0.39, 0.29) is 0 Å². The summed E-state index contributed by atoms with van der Waals surface area (Å²) < 4.78 is 0. The van der Waals surface area contributed by atoms with Crippen molar-refractivity contribution in [2.24, 2.45) is 0 Å². The van der Waals surface area contributed by atoms with Crippen LogP contribution in [0.3, 0.4) is 0 Å². The number of rotatable bonds is 1. The van der Waals surface area contributed by atoms with Crippen LogP contribution in [0.25, 0.3) is 0 Å². The molecule has 1 nitrogen and oxygen atoms in total. The van der Waals surface area contributed by atoms with Crippen LogP contribution in [-0.2, 0) is 6.42 Å². The molecule has 0 aromatic carbocycles. The zero-order valence-corrected chi connectivity index (χ0v) is 4.96. The molecular weight excluding hydrogens is 96.9 g/mol. The molecule has 0 bridgehead atoms. The van der Waals surface area contributed by atoms with Gasteiger partial charge in [-0.1, -0.05) is 0 Å². The molecular formula is C6H8BN. The second-order valence-electron chi connectivity index (χ2n) is 1.71. The monoisotopic (exact) mass is 105 g/mol. The molecule has 1 heterocycles. The van der Waals surface area contributed by atoms with Crippen molar-refractivity contribution in [3.05, 3.63) is 23.8 Å². The summed E-state index contributed by atoms with van der Waals surface area (Å²) in [5, 5.41) is 0. The third-order valence-corrected chi connectivity index (χ3v) is 1.13. The molecule has 0 radical (unpaired) electrons. The molecule has 0 spiro atoms. The van der Waals surface area contributed by atoms with E-state index in [4.69, 9.17) is 0 Å². The van der Waals surface area contributed by atoms with E-state index in [0.717, 1.165) is 6.42 Å². The maximum atomic E-state index is 3.96. The zero-order chi connectivity index (χ0) is 5.82. The Bertz CT molecular complexity index is 150. The van der Waals surface area contributed by atoms with Crippen molar-refractivity contribution in [3.63, 3.8) is 0 Å². The van der Waals surface area contributed by atoms with Crippen LogP contribution >= 0.6 is 0 Å². The van der Waals surface area contributed by atoms with Gasteiger partial charge in [0.25, 0.3) is 0 Å². The van der Waals surface area contributed by atoms with Gasteiger partial charge in [-0.15, -0.1) is 0 Å². The van der Waals surface area contributed by atoms with Gasteiger partial charge < -0.3 is 0 Å². The first-order chi connectivity index (χ1) is 3.93. The molecule has 0 atom stereocenters. The van der Waals surface area contributed by atoms with Gasteiger partial charge in [-0.2, -0.15) is 0 Å². The molecule has 0 N–H and O–H groups in total. The van der Waals surface area contributed by atoms with E-state index in [1.807, 2.05) is 12.2 Å². The topological polar surface area (TPSA) is 12.9 Å². The van der Waals surface area contributed by atoms with Crippen LogP contribution in [0.4, 0.5) is 0 Å². The fraction of sp³-hybridized carbons (Fsp3) is 0.333. The Morgan fingerprint density at radius 2 is 2.62 bits per heavy atom. The Morgan fingerprint density at radius 1 is 1.75 bits per heavy atom. The molecule has 1 rings (SSSR count). The summed E-state index contributed by atoms with van der Waals surface area (Å²) >= 11 is 0. The molecule has 2 heteroatoms. The maximum absolute atomic E-state index is 3.96. The van der Waals surface area contributed by atoms with Crippen molar-refractivity contribution in [2.75, 3.05) is 0 Å². The quantitative estimate of drug-likeness (QED) is 0.518. The van der Waals surface area contributed by atoms with Gasteiger partial charge in [-0.3, -0.25) is 0 Å². The molecule has 1 aromatic rings. The number of nitrogens with zero attached hydrogens (tertiary/aromatic N) is 1. The second kappa shape index (κ2) is 2.60. The number of aryl methyl sites for hydroxylation is 1. The fourth-order valence-electron chi connectivity index (χ4n) is 0.607. The van der Waals surface area contributed by atoms with Crippen molar-refractivity contribution < 1.29 is 0 Å². The average molecular weight is 105 g/mol. The van der Waals surface area contributed by atoms with Crippen molar-refractivity contribution in [3.8, 4) is 0 Å². The summed E-state index contributed by atoms with van der Waals surface area (Å²) in [7, 11) is 0. The van der Waals surface area contributed by atoms with Crippen molar-refractivity contribution in [2.45, 2.75) is 13.3 Å². The number of hydrogen-bond acceptors (Lipinski definition) is 1. The van der Waals surface area contributed by atoms with Gasteiger partial charge in [-0.05, 0) is 0 Å². The van der Waals surface area contributed by atoms with E-state index >= 15 is 0 Å². The fourth-order valence-corrected chi connectivity index (χ4v) is 0.607. The predicted molar refractivity (Wildman–Crippen MR) is 35.0 cm³/mol. The molecule has 1 aromatic heterocycles. The standard InChI is InChI=1S/C6H8BN/c1-2-6-5-8-4-3-7-6/h3-5H,2H2,1H3. The van der Waals surface area contributed by atoms with Crippen molar-refractivity contribution in [1.29, 1.82) is 0 Å². The zero-order valence-electron chi connectivity index (χ0n) is 4.96. The molecule has 0 aliphatic carbocycles. The Morgan fingerprint density at radius 3 is 3.00 bits per heavy atom. The van der Waals surface area contributed by atoms with E-state index in [0.29, 0.717) is 0 Å². The van der Waals surface area contributed by atoms with Crippen LogP contribution in [-0.4, -0.2) is 11.9 Å². The third-order valence-electron chi connectivity index (χ3n) is 1.13. The summed E-state index contributed by atoms with van der Waals surface area (Å²) in [6, 6.07) is 0. The number of aromatic nitrogens is 1. The van der Waals surface area contributed by atoms with E-state index in [2.05, 4.69) is 18.8 Å². The third kappa shape index (κ3) is 1.16. The van der Waals surface area contributed by atoms with Crippen LogP contribution < -0.4 is 0 Å². The van der Waals surface area contributed by atoms with Gasteiger partial charge in [0, 0.05) is 0 Å². The van der Waals surface area contributed by atoms with E-state index < -0.39 is 0 Å². The summed E-state index contributed by atoms with van der Waals surface area (Å²) in [5.74, 6) is 1.96. The molecule has 0 saturated heterocycles. The molecule has 40 valence electrons. The molecule has 0 aliphatic rings.